The Hall–Kier alpha value is -3.53. The molecule has 2 aliphatic rings. The van der Waals surface area contributed by atoms with Crippen LogP contribution < -0.4 is 27.2 Å². The number of hydrogen-bond acceptors (Lipinski definition) is 20. The van der Waals surface area contributed by atoms with Crippen molar-refractivity contribution in [3.05, 3.63) is 33.4 Å². The number of aromatic nitrogens is 8. The van der Waals surface area contributed by atoms with Crippen LogP contribution in [0.3, 0.4) is 0 Å². The second-order valence-electron chi connectivity index (χ2n) is 12.5. The summed E-state index contributed by atoms with van der Waals surface area (Å²) in [5.41, 5.74) is 9.74. The van der Waals surface area contributed by atoms with Gasteiger partial charge in [-0.3, -0.25) is 37.8 Å². The van der Waals surface area contributed by atoms with Gasteiger partial charge in [0.25, 0.3) is 16.7 Å². The van der Waals surface area contributed by atoms with Gasteiger partial charge in [-0.2, -0.15) is 14.5 Å². The summed E-state index contributed by atoms with van der Waals surface area (Å²) >= 11 is 0. The van der Waals surface area contributed by atoms with Crippen LogP contribution in [0.1, 0.15) is 12.5 Å². The number of nitrogens with one attached hydrogen (secondary N) is 2. The smallest absolute Gasteiger partial charge is 0.387 e. The van der Waals surface area contributed by atoms with E-state index in [4.69, 9.17) is 39.5 Å². The summed E-state index contributed by atoms with van der Waals surface area (Å²) in [6.45, 7) is -1.91. The van der Waals surface area contributed by atoms with Gasteiger partial charge in [0.05, 0.1) is 39.8 Å². The zero-order valence-corrected chi connectivity index (χ0v) is 31.8. The lowest BCUT2D eigenvalue weighted by Gasteiger charge is -2.23. The maximum Gasteiger partial charge on any atom is 0.479 e. The predicted molar refractivity (Wildman–Crippen MR) is 183 cm³/mol. The van der Waals surface area contributed by atoms with Crippen molar-refractivity contribution in [3.63, 3.8) is 0 Å². The van der Waals surface area contributed by atoms with Crippen molar-refractivity contribution in [2.45, 2.75) is 49.1 Å². The maximum atomic E-state index is 13.0. The molecular formula is C25H38N10O18P3+. The van der Waals surface area contributed by atoms with E-state index < -0.39 is 102 Å². The number of imidazole rings is 2. The molecule has 2 saturated heterocycles. The van der Waals surface area contributed by atoms with Crippen molar-refractivity contribution in [2.24, 2.45) is 7.05 Å². The Bertz CT molecular complexity index is 2350. The van der Waals surface area contributed by atoms with E-state index >= 15 is 0 Å². The molecule has 28 nitrogen and oxygen atoms in total. The molecule has 0 saturated carbocycles. The Morgan fingerprint density at radius 1 is 0.857 bits per heavy atom. The van der Waals surface area contributed by atoms with E-state index in [1.54, 1.807) is 0 Å². The number of fused-ring (bicyclic) bond motifs is 2. The lowest BCUT2D eigenvalue weighted by atomic mass is 10.1. The van der Waals surface area contributed by atoms with Crippen LogP contribution in [0, 0.1) is 0 Å². The quantitative estimate of drug-likeness (QED) is 0.0294. The number of aromatic amines is 2. The highest BCUT2D eigenvalue weighted by Gasteiger charge is 2.51. The molecule has 0 amide bonds. The van der Waals surface area contributed by atoms with E-state index in [2.05, 4.69) is 29.2 Å². The topological polar surface area (TPSA) is 407 Å². The number of anilines is 2. The van der Waals surface area contributed by atoms with E-state index in [1.165, 1.54) is 29.6 Å². The van der Waals surface area contributed by atoms with Gasteiger partial charge in [0.2, 0.25) is 24.5 Å². The van der Waals surface area contributed by atoms with Crippen LogP contribution in [0.4, 0.5) is 11.9 Å². The van der Waals surface area contributed by atoms with Crippen molar-refractivity contribution >= 4 is 57.2 Å². The number of aliphatic hydroxyl groups is 3. The number of aryl methyl sites for hydroxylation is 1. The SMILES string of the molecule is COCCOC1[C@@H](COP(=O)(O)CP(=O)(O)OP(=O)(O)OC[C@H]2O[C@@H](n3cnc4c(=O)[nH]c(N)nc43)[C@@H](O)C2O)O[C@@H](n2c[n+](C)c3c(=O)[nH]c(N)nc32)[C@H]1O. The molecule has 0 aromatic carbocycles. The number of ether oxygens (including phenoxy) is 4. The van der Waals surface area contributed by atoms with Gasteiger partial charge in [-0.25, -0.2) is 18.4 Å². The number of nitrogen functional groups attached to an aromatic ring is 2. The molecule has 5 unspecified atom stereocenters. The first kappa shape index (κ1) is 42.1. The van der Waals surface area contributed by atoms with Crippen LogP contribution in [0.25, 0.3) is 22.3 Å². The molecule has 0 radical (unpaired) electrons. The molecule has 6 heterocycles. The van der Waals surface area contributed by atoms with Gasteiger partial charge in [0.1, 0.15) is 36.6 Å². The first-order chi connectivity index (χ1) is 26.2. The molecular weight excluding hydrogens is 821 g/mol. The molecule has 12 N–H and O–H groups in total. The molecule has 2 aliphatic heterocycles. The molecule has 31 heteroatoms. The van der Waals surface area contributed by atoms with Crippen molar-refractivity contribution in [1.82, 2.24) is 34.1 Å². The Balaban J connectivity index is 1.08. The minimum absolute atomic E-state index is 0.00869. The predicted octanol–water partition coefficient (Wildman–Crippen LogP) is -3.77. The fourth-order valence-electron chi connectivity index (χ4n) is 6.07. The highest BCUT2D eigenvalue weighted by Crippen LogP contribution is 2.66. The Morgan fingerprint density at radius 2 is 1.48 bits per heavy atom. The molecule has 4 aromatic rings. The van der Waals surface area contributed by atoms with E-state index in [1.807, 2.05) is 0 Å². The van der Waals surface area contributed by atoms with Crippen molar-refractivity contribution in [1.29, 1.82) is 0 Å². The van der Waals surface area contributed by atoms with Crippen molar-refractivity contribution in [3.8, 4) is 0 Å². The van der Waals surface area contributed by atoms with Gasteiger partial charge in [-0.15, -0.1) is 0 Å². The monoisotopic (exact) mass is 859 g/mol. The number of nitrogens with zero attached hydrogens (tertiary/aromatic N) is 6. The van der Waals surface area contributed by atoms with Gasteiger partial charge in [0.15, 0.2) is 23.3 Å². The molecule has 0 aliphatic carbocycles. The first-order valence-corrected chi connectivity index (χ1v) is 21.1. The molecule has 56 heavy (non-hydrogen) atoms. The summed E-state index contributed by atoms with van der Waals surface area (Å²) < 4.78 is 78.4. The average molecular weight is 860 g/mol. The first-order valence-electron chi connectivity index (χ1n) is 16.1. The molecule has 310 valence electrons. The van der Waals surface area contributed by atoms with Crippen LogP contribution in [0.15, 0.2) is 22.2 Å². The Labute approximate surface area is 312 Å². The van der Waals surface area contributed by atoms with E-state index in [0.717, 1.165) is 10.9 Å². The zero-order valence-electron chi connectivity index (χ0n) is 29.1. The summed E-state index contributed by atoms with van der Waals surface area (Å²) in [5, 5.41) is 32.3. The van der Waals surface area contributed by atoms with Gasteiger partial charge in [-0.1, -0.05) is 0 Å². The molecule has 0 bridgehead atoms. The second-order valence-corrected chi connectivity index (χ2v) is 18.3. The number of aliphatic hydroxyl groups excluding tert-OH is 3. The van der Waals surface area contributed by atoms with Gasteiger partial charge in [0, 0.05) is 7.11 Å². The van der Waals surface area contributed by atoms with Gasteiger partial charge < -0.3 is 64.9 Å². The normalized spacial score (nSPS) is 28.8. The van der Waals surface area contributed by atoms with Crippen LogP contribution >= 0.6 is 23.0 Å². The number of hydrogen-bond donors (Lipinski definition) is 10. The number of phosphoric ester groups is 1. The standard InChI is InChI=1S/C25H37N10O18P3/c1-33-8-35(19-13(33)21(40)32-25(27)30-19)23-16(38)17(48-4-3-47-2)11(52-23)6-49-54(41,42)9-55(43,44)53-56(45,46)50-5-10-14(36)15(37)22(51-10)34-7-28-12-18(34)29-24(26)31-20(12)39/h7-8,10-11,14-17,22-23,36-38H,3-6,9H2,1-2H3,(H8-,26,27,29,30,31,32,39,40,41,42,43,44,45,46)/p+1/t10-,11-,14?,15+,16+,17?,22-,23-/m1/s1. The van der Waals surface area contributed by atoms with Crippen LogP contribution in [-0.2, 0) is 53.0 Å². The highest BCUT2D eigenvalue weighted by atomic mass is 31.3. The van der Waals surface area contributed by atoms with Crippen molar-refractivity contribution in [2.75, 3.05) is 50.9 Å². The summed E-state index contributed by atoms with van der Waals surface area (Å²) in [4.78, 5) is 72.1. The van der Waals surface area contributed by atoms with E-state index in [-0.39, 0.29) is 47.4 Å². The summed E-state index contributed by atoms with van der Waals surface area (Å²) in [6.07, 6.45) is -9.59. The largest absolute Gasteiger partial charge is 0.479 e. The van der Waals surface area contributed by atoms with Gasteiger partial charge in [-0.05, 0) is 0 Å². The number of H-pyrrole nitrogens is 2. The summed E-state index contributed by atoms with van der Waals surface area (Å²) in [6, 6.07) is 0. The van der Waals surface area contributed by atoms with Crippen LogP contribution in [-0.4, -0.2) is 140 Å². The Kier molecular flexibility index (Phi) is 12.0. The van der Waals surface area contributed by atoms with Crippen LogP contribution in [0.2, 0.25) is 0 Å². The molecule has 0 spiro atoms. The molecule has 6 rings (SSSR count). The molecule has 4 aromatic heterocycles. The third-order valence-corrected chi connectivity index (χ3v) is 14.2. The lowest BCUT2D eigenvalue weighted by molar-refractivity contribution is -0.646. The summed E-state index contributed by atoms with van der Waals surface area (Å²) in [7, 11) is -13.4. The van der Waals surface area contributed by atoms with E-state index in [0.29, 0.717) is 0 Å². The number of nitrogens with two attached hydrogens (primary N) is 2. The maximum absolute atomic E-state index is 13.0. The van der Waals surface area contributed by atoms with Crippen LogP contribution in [0.5, 0.6) is 0 Å². The van der Waals surface area contributed by atoms with E-state index in [9.17, 15) is 53.3 Å². The third kappa shape index (κ3) is 8.80. The average Bonchev–Trinajstić information content (AvgIpc) is 3.81. The van der Waals surface area contributed by atoms with Gasteiger partial charge >= 0.3 is 28.6 Å². The fourth-order valence-corrected chi connectivity index (χ4v) is 11.1. The summed E-state index contributed by atoms with van der Waals surface area (Å²) in [5.74, 6) is -2.27. The number of methoxy groups -OCH3 is 1. The number of phosphoric acid groups is 1. The molecule has 11 atom stereocenters. The zero-order chi connectivity index (χ0) is 40.9. The third-order valence-electron chi connectivity index (χ3n) is 8.46. The lowest BCUT2D eigenvalue weighted by Crippen LogP contribution is -2.37. The number of rotatable bonds is 16. The second kappa shape index (κ2) is 16.0. The fraction of sp³-hybridized carbons (Fsp3) is 0.600. The minimum Gasteiger partial charge on any atom is -0.387 e. The molecule has 2 fully saturated rings. The van der Waals surface area contributed by atoms with Crippen molar-refractivity contribution < 1.29 is 80.6 Å². The Morgan fingerprint density at radius 3 is 2.18 bits per heavy atom. The highest BCUT2D eigenvalue weighted by molar-refractivity contribution is 7.74. The minimum atomic E-state index is -5.57.